The van der Waals surface area contributed by atoms with Gasteiger partial charge in [0.05, 0.1) is 4.92 Å². The first kappa shape index (κ1) is 28.7. The number of pyridine rings is 1. The van der Waals surface area contributed by atoms with Gasteiger partial charge in [-0.05, 0) is 55.3 Å². The maximum Gasteiger partial charge on any atom is 0.408 e. The lowest BCUT2D eigenvalue weighted by Crippen LogP contribution is -2.45. The molecular weight excluding hydrogens is 512 g/mol. The summed E-state index contributed by atoms with van der Waals surface area (Å²) in [5, 5.41) is 13.8. The molecule has 0 bridgehead atoms. The zero-order valence-electron chi connectivity index (χ0n) is 19.8. The van der Waals surface area contributed by atoms with E-state index in [0.717, 1.165) is 21.6 Å². The molecule has 2 amide bonds. The molecule has 0 aliphatic heterocycles. The first-order chi connectivity index (χ1) is 16.9. The SMILES string of the molecule is CC(C)(C)OC(=O)NC(CSSc1ncccc1[N+](=O)[O-])C(=O)OCc1ccc(OCC(N)=O)cc1. The molecule has 3 N–H and O–H groups in total. The zero-order chi connectivity index (χ0) is 26.7. The number of hydrogen-bond acceptors (Lipinski definition) is 11. The molecule has 0 saturated heterocycles. The Morgan fingerprint density at radius 1 is 1.19 bits per heavy atom. The van der Waals surface area contributed by atoms with E-state index in [0.29, 0.717) is 11.3 Å². The van der Waals surface area contributed by atoms with Crippen LogP contribution in [0.2, 0.25) is 0 Å². The number of nitrogens with one attached hydrogen (secondary N) is 1. The van der Waals surface area contributed by atoms with Crippen LogP contribution in [0.25, 0.3) is 0 Å². The van der Waals surface area contributed by atoms with Gasteiger partial charge in [0.1, 0.15) is 24.0 Å². The summed E-state index contributed by atoms with van der Waals surface area (Å²) in [5.74, 6) is -0.884. The fourth-order valence-electron chi connectivity index (χ4n) is 2.45. The molecule has 1 aromatic heterocycles. The molecule has 2 aromatic rings. The molecular formula is C22H26N4O8S2. The lowest BCUT2D eigenvalue weighted by molar-refractivity contribution is -0.388. The Labute approximate surface area is 215 Å². The maximum absolute atomic E-state index is 12.8. The van der Waals surface area contributed by atoms with Crippen LogP contribution < -0.4 is 15.8 Å². The van der Waals surface area contributed by atoms with Gasteiger partial charge in [0.15, 0.2) is 11.6 Å². The van der Waals surface area contributed by atoms with Crippen LogP contribution >= 0.6 is 21.6 Å². The van der Waals surface area contributed by atoms with Crippen LogP contribution in [0.15, 0.2) is 47.6 Å². The number of carbonyl (C=O) groups is 3. The molecule has 0 fully saturated rings. The summed E-state index contributed by atoms with van der Waals surface area (Å²) in [6.45, 7) is 4.69. The van der Waals surface area contributed by atoms with Crippen molar-refractivity contribution in [3.05, 3.63) is 58.3 Å². The highest BCUT2D eigenvalue weighted by Crippen LogP contribution is 2.35. The number of nitrogens with zero attached hydrogens (tertiary/aromatic N) is 2. The van der Waals surface area contributed by atoms with E-state index in [1.807, 2.05) is 0 Å². The highest BCUT2D eigenvalue weighted by atomic mass is 33.1. The summed E-state index contributed by atoms with van der Waals surface area (Å²) in [6, 6.07) is 8.15. The lowest BCUT2D eigenvalue weighted by Gasteiger charge is -2.22. The van der Waals surface area contributed by atoms with Crippen LogP contribution in [0.4, 0.5) is 10.5 Å². The Hall–Kier alpha value is -3.52. The van der Waals surface area contributed by atoms with Crippen molar-refractivity contribution < 1.29 is 33.5 Å². The number of primary amides is 1. The van der Waals surface area contributed by atoms with Crippen LogP contribution in [-0.4, -0.2) is 51.9 Å². The Kier molecular flexibility index (Phi) is 10.8. The van der Waals surface area contributed by atoms with E-state index >= 15 is 0 Å². The molecule has 1 unspecified atom stereocenters. The van der Waals surface area contributed by atoms with Gasteiger partial charge in [0, 0.05) is 18.0 Å². The van der Waals surface area contributed by atoms with E-state index in [4.69, 9.17) is 19.9 Å². The molecule has 2 rings (SSSR count). The lowest BCUT2D eigenvalue weighted by atomic mass is 10.2. The molecule has 0 saturated carbocycles. The van der Waals surface area contributed by atoms with Crippen LogP contribution in [0.3, 0.4) is 0 Å². The molecule has 1 heterocycles. The molecule has 0 aliphatic rings. The fourth-order valence-corrected chi connectivity index (χ4v) is 4.65. The second-order valence-corrected chi connectivity index (χ2v) is 10.5. The monoisotopic (exact) mass is 538 g/mol. The van der Waals surface area contributed by atoms with E-state index in [2.05, 4.69) is 10.3 Å². The van der Waals surface area contributed by atoms with Crippen molar-refractivity contribution >= 4 is 45.2 Å². The van der Waals surface area contributed by atoms with E-state index in [1.54, 1.807) is 45.0 Å². The number of benzene rings is 1. The third-order valence-electron chi connectivity index (χ3n) is 3.98. The smallest absolute Gasteiger partial charge is 0.408 e. The van der Waals surface area contributed by atoms with Gasteiger partial charge in [-0.15, -0.1) is 0 Å². The number of alkyl carbamates (subject to hydrolysis) is 1. The quantitative estimate of drug-likeness (QED) is 0.176. The van der Waals surface area contributed by atoms with Gasteiger partial charge in [0.25, 0.3) is 5.91 Å². The van der Waals surface area contributed by atoms with Crippen LogP contribution in [-0.2, 0) is 25.7 Å². The van der Waals surface area contributed by atoms with Crippen molar-refractivity contribution in [3.8, 4) is 5.75 Å². The summed E-state index contributed by atoms with van der Waals surface area (Å²) >= 11 is 0. The van der Waals surface area contributed by atoms with Crippen LogP contribution in [0, 0.1) is 10.1 Å². The van der Waals surface area contributed by atoms with Crippen LogP contribution in [0.5, 0.6) is 5.75 Å². The first-order valence-corrected chi connectivity index (χ1v) is 12.8. The summed E-state index contributed by atoms with van der Waals surface area (Å²) in [7, 11) is 2.09. The van der Waals surface area contributed by atoms with Gasteiger partial charge in [-0.2, -0.15) is 0 Å². The molecule has 12 nitrogen and oxygen atoms in total. The summed E-state index contributed by atoms with van der Waals surface area (Å²) in [4.78, 5) is 50.5. The number of hydrogen-bond donors (Lipinski definition) is 2. The topological polar surface area (TPSA) is 173 Å². The third-order valence-corrected chi connectivity index (χ3v) is 6.28. The summed E-state index contributed by atoms with van der Waals surface area (Å²) in [6.07, 6.45) is 0.611. The molecule has 1 atom stereocenters. The first-order valence-electron chi connectivity index (χ1n) is 10.5. The van der Waals surface area contributed by atoms with Gasteiger partial charge in [-0.25, -0.2) is 14.6 Å². The zero-order valence-corrected chi connectivity index (χ0v) is 21.4. The van der Waals surface area contributed by atoms with Gasteiger partial charge in [-0.1, -0.05) is 22.9 Å². The predicted molar refractivity (Wildman–Crippen MR) is 133 cm³/mol. The Morgan fingerprint density at radius 2 is 1.89 bits per heavy atom. The minimum atomic E-state index is -1.10. The molecule has 0 radical (unpaired) electrons. The minimum Gasteiger partial charge on any atom is -0.484 e. The fraction of sp³-hybridized carbons (Fsp3) is 0.364. The maximum atomic E-state index is 12.8. The number of aromatic nitrogens is 1. The molecule has 14 heteroatoms. The normalized spacial score (nSPS) is 11.8. The molecule has 36 heavy (non-hydrogen) atoms. The van der Waals surface area contributed by atoms with Crippen molar-refractivity contribution in [2.45, 2.75) is 44.0 Å². The van der Waals surface area contributed by atoms with E-state index in [1.165, 1.54) is 18.3 Å². The number of rotatable bonds is 12. The second kappa shape index (κ2) is 13.5. The number of amides is 2. The second-order valence-electron chi connectivity index (χ2n) is 8.16. The van der Waals surface area contributed by atoms with E-state index in [-0.39, 0.29) is 29.7 Å². The van der Waals surface area contributed by atoms with Gasteiger partial charge in [0.2, 0.25) is 0 Å². The average molecular weight is 539 g/mol. The number of ether oxygens (including phenoxy) is 3. The molecule has 1 aromatic carbocycles. The van der Waals surface area contributed by atoms with E-state index < -0.39 is 34.5 Å². The van der Waals surface area contributed by atoms with Crippen molar-refractivity contribution in [3.63, 3.8) is 0 Å². The standard InChI is InChI=1S/C22H26N4O8S2/c1-22(2,3)34-21(29)25-16(13-35-36-19-17(26(30)31)5-4-10-24-19)20(28)33-11-14-6-8-15(9-7-14)32-12-18(23)27/h4-10,16H,11-13H2,1-3H3,(H2,23,27)(H,25,29). The van der Waals surface area contributed by atoms with Crippen molar-refractivity contribution in [2.75, 3.05) is 12.4 Å². The summed E-state index contributed by atoms with van der Waals surface area (Å²) < 4.78 is 15.8. The van der Waals surface area contributed by atoms with Gasteiger partial charge in [-0.3, -0.25) is 14.9 Å². The highest BCUT2D eigenvalue weighted by molar-refractivity contribution is 8.76. The van der Waals surface area contributed by atoms with Crippen molar-refractivity contribution in [1.29, 1.82) is 0 Å². The Bertz CT molecular complexity index is 1080. The predicted octanol–water partition coefficient (Wildman–Crippen LogP) is 3.23. The summed E-state index contributed by atoms with van der Waals surface area (Å²) in [5.41, 5.74) is 4.72. The average Bonchev–Trinajstić information content (AvgIpc) is 2.80. The largest absolute Gasteiger partial charge is 0.484 e. The molecule has 0 spiro atoms. The van der Waals surface area contributed by atoms with Crippen LogP contribution in [0.1, 0.15) is 26.3 Å². The van der Waals surface area contributed by atoms with E-state index in [9.17, 15) is 24.5 Å². The van der Waals surface area contributed by atoms with Gasteiger partial charge < -0.3 is 25.3 Å². The van der Waals surface area contributed by atoms with Gasteiger partial charge >= 0.3 is 17.7 Å². The van der Waals surface area contributed by atoms with Crippen molar-refractivity contribution in [2.24, 2.45) is 5.73 Å². The molecule has 0 aliphatic carbocycles. The number of nitrogens with two attached hydrogens (primary N) is 1. The number of nitro groups is 1. The highest BCUT2D eigenvalue weighted by Gasteiger charge is 2.26. The van der Waals surface area contributed by atoms with Crippen molar-refractivity contribution in [1.82, 2.24) is 10.3 Å². The third kappa shape index (κ3) is 10.4. The minimum absolute atomic E-state index is 0.0242. The molecule has 194 valence electrons. The number of esters is 1. The Balaban J connectivity index is 2.00. The number of carbonyl (C=O) groups excluding carboxylic acids is 3. The Morgan fingerprint density at radius 3 is 2.50 bits per heavy atom.